The number of esters is 1. The molecule has 0 radical (unpaired) electrons. The van der Waals surface area contributed by atoms with Gasteiger partial charge in [0.25, 0.3) is 0 Å². The van der Waals surface area contributed by atoms with Crippen LogP contribution in [-0.2, 0) is 14.3 Å². The molecule has 14 heavy (non-hydrogen) atoms. The van der Waals surface area contributed by atoms with Gasteiger partial charge in [-0.15, -0.1) is 0 Å². The van der Waals surface area contributed by atoms with Gasteiger partial charge in [-0.3, -0.25) is 9.59 Å². The van der Waals surface area contributed by atoms with Crippen LogP contribution >= 0.6 is 0 Å². The zero-order chi connectivity index (χ0) is 11.3. The first-order valence-corrected chi connectivity index (χ1v) is 4.68. The lowest BCUT2D eigenvalue weighted by molar-refractivity contribution is -0.146. The summed E-state index contributed by atoms with van der Waals surface area (Å²) in [4.78, 5) is 22.5. The van der Waals surface area contributed by atoms with Crippen molar-refractivity contribution in [3.05, 3.63) is 0 Å². The largest absolute Gasteiger partial charge is 0.469 e. The third-order valence-electron chi connectivity index (χ3n) is 2.13. The van der Waals surface area contributed by atoms with E-state index in [1.54, 1.807) is 13.8 Å². The molecule has 1 N–H and O–H groups in total. The number of hydrogen-bond donors (Lipinski definition) is 1. The van der Waals surface area contributed by atoms with Crippen molar-refractivity contribution >= 4 is 11.8 Å². The number of carbonyl (C=O) groups is 2. The topological polar surface area (TPSA) is 63.6 Å². The van der Waals surface area contributed by atoms with Gasteiger partial charge in [0.15, 0.2) is 0 Å². The van der Waals surface area contributed by atoms with E-state index in [4.69, 9.17) is 0 Å². The van der Waals surface area contributed by atoms with Gasteiger partial charge in [-0.1, -0.05) is 13.8 Å². The van der Waals surface area contributed by atoms with Crippen LogP contribution in [0.2, 0.25) is 0 Å². The number of carbonyl (C=O) groups excluding carboxylic acids is 2. The molecule has 4 nitrogen and oxygen atoms in total. The van der Waals surface area contributed by atoms with E-state index in [0.717, 1.165) is 0 Å². The monoisotopic (exact) mass is 202 g/mol. The molecule has 0 fully saturated rings. The molecule has 0 heterocycles. The molecule has 0 saturated heterocycles. The highest BCUT2D eigenvalue weighted by Crippen LogP contribution is 2.16. The lowest BCUT2D eigenvalue weighted by Gasteiger charge is -2.19. The Morgan fingerprint density at radius 3 is 2.07 bits per heavy atom. The van der Waals surface area contributed by atoms with Crippen LogP contribution in [0, 0.1) is 11.8 Å². The molecule has 2 unspecified atom stereocenters. The van der Waals surface area contributed by atoms with Gasteiger partial charge in [-0.05, 0) is 6.92 Å². The Morgan fingerprint density at radius 2 is 1.79 bits per heavy atom. The minimum Gasteiger partial charge on any atom is -0.469 e. The smallest absolute Gasteiger partial charge is 0.306 e. The molecule has 0 saturated carbocycles. The highest BCUT2D eigenvalue weighted by atomic mass is 16.5. The number of methoxy groups -OCH3 is 1. The number of aliphatic hydroxyl groups is 1. The van der Waals surface area contributed by atoms with Crippen LogP contribution in [0.5, 0.6) is 0 Å². The van der Waals surface area contributed by atoms with Crippen LogP contribution in [0.4, 0.5) is 0 Å². The molecule has 0 amide bonds. The van der Waals surface area contributed by atoms with Crippen LogP contribution < -0.4 is 0 Å². The van der Waals surface area contributed by atoms with Gasteiger partial charge in [0.2, 0.25) is 0 Å². The lowest BCUT2D eigenvalue weighted by atomic mass is 9.88. The number of ether oxygens (including phenoxy) is 1. The summed E-state index contributed by atoms with van der Waals surface area (Å²) >= 11 is 0. The van der Waals surface area contributed by atoms with E-state index in [1.165, 1.54) is 14.0 Å². The second-order valence-corrected chi connectivity index (χ2v) is 3.68. The van der Waals surface area contributed by atoms with Crippen molar-refractivity contribution in [2.24, 2.45) is 11.8 Å². The Hall–Kier alpha value is -0.900. The van der Waals surface area contributed by atoms with Crippen LogP contribution in [0.25, 0.3) is 0 Å². The fourth-order valence-corrected chi connectivity index (χ4v) is 1.20. The number of ketones is 1. The third kappa shape index (κ3) is 3.87. The van der Waals surface area contributed by atoms with Gasteiger partial charge in [0.05, 0.1) is 25.6 Å². The SMILES string of the molecule is COC(=O)CC(C(=O)C(C)C)C(C)O. The van der Waals surface area contributed by atoms with Crippen molar-refractivity contribution < 1.29 is 19.4 Å². The predicted molar refractivity (Wildman–Crippen MR) is 51.6 cm³/mol. The Morgan fingerprint density at radius 1 is 1.29 bits per heavy atom. The summed E-state index contributed by atoms with van der Waals surface area (Å²) in [5.41, 5.74) is 0. The molecule has 0 aromatic heterocycles. The number of Topliss-reactive ketones (excluding diaryl/α,β-unsaturated/α-hetero) is 1. The van der Waals surface area contributed by atoms with E-state index in [-0.39, 0.29) is 18.1 Å². The second kappa shape index (κ2) is 5.75. The van der Waals surface area contributed by atoms with E-state index >= 15 is 0 Å². The highest BCUT2D eigenvalue weighted by molar-refractivity contribution is 5.87. The highest BCUT2D eigenvalue weighted by Gasteiger charge is 2.28. The van der Waals surface area contributed by atoms with E-state index in [1.807, 2.05) is 0 Å². The van der Waals surface area contributed by atoms with Gasteiger partial charge < -0.3 is 9.84 Å². The molecular formula is C10H18O4. The number of hydrogen-bond acceptors (Lipinski definition) is 4. The Kier molecular flexibility index (Phi) is 5.38. The van der Waals surface area contributed by atoms with Crippen LogP contribution in [0.1, 0.15) is 27.2 Å². The number of rotatable bonds is 5. The van der Waals surface area contributed by atoms with Crippen LogP contribution in [0.15, 0.2) is 0 Å². The van der Waals surface area contributed by atoms with Crippen LogP contribution in [-0.4, -0.2) is 30.1 Å². The summed E-state index contributed by atoms with van der Waals surface area (Å²) in [5.74, 6) is -1.41. The standard InChI is InChI=1S/C10H18O4/c1-6(2)10(13)8(7(3)11)5-9(12)14-4/h6-8,11H,5H2,1-4H3. The molecule has 2 atom stereocenters. The summed E-state index contributed by atoms with van der Waals surface area (Å²) in [6.45, 7) is 5.00. The summed E-state index contributed by atoms with van der Waals surface area (Å²) < 4.78 is 4.46. The first kappa shape index (κ1) is 13.1. The van der Waals surface area contributed by atoms with Crippen molar-refractivity contribution in [3.63, 3.8) is 0 Å². The second-order valence-electron chi connectivity index (χ2n) is 3.68. The first-order chi connectivity index (χ1) is 6.40. The molecule has 0 aliphatic rings. The average molecular weight is 202 g/mol. The Bertz CT molecular complexity index is 208. The van der Waals surface area contributed by atoms with Crippen molar-refractivity contribution in [3.8, 4) is 0 Å². The van der Waals surface area contributed by atoms with Gasteiger partial charge in [0, 0.05) is 5.92 Å². The summed E-state index contributed by atoms with van der Waals surface area (Å²) in [6, 6.07) is 0. The molecule has 4 heteroatoms. The van der Waals surface area contributed by atoms with Crippen LogP contribution in [0.3, 0.4) is 0 Å². The van der Waals surface area contributed by atoms with Crippen molar-refractivity contribution in [2.45, 2.75) is 33.3 Å². The van der Waals surface area contributed by atoms with Gasteiger partial charge in [0.1, 0.15) is 5.78 Å². The first-order valence-electron chi connectivity index (χ1n) is 4.68. The minimum absolute atomic E-state index is 0.0504. The molecule has 0 aliphatic heterocycles. The van der Waals surface area contributed by atoms with Gasteiger partial charge in [-0.2, -0.15) is 0 Å². The maximum absolute atomic E-state index is 11.6. The molecule has 0 spiro atoms. The van der Waals surface area contributed by atoms with E-state index < -0.39 is 18.0 Å². The minimum atomic E-state index is -0.816. The van der Waals surface area contributed by atoms with Gasteiger partial charge in [-0.25, -0.2) is 0 Å². The number of aliphatic hydroxyl groups excluding tert-OH is 1. The molecule has 0 aromatic rings. The van der Waals surface area contributed by atoms with Crippen molar-refractivity contribution in [1.82, 2.24) is 0 Å². The molecule has 0 aliphatic carbocycles. The maximum atomic E-state index is 11.6. The molecular weight excluding hydrogens is 184 g/mol. The maximum Gasteiger partial charge on any atom is 0.306 e. The average Bonchev–Trinajstić information content (AvgIpc) is 2.11. The molecule has 0 rings (SSSR count). The molecule has 0 aromatic carbocycles. The quantitative estimate of drug-likeness (QED) is 0.669. The molecule has 0 bridgehead atoms. The van der Waals surface area contributed by atoms with E-state index in [2.05, 4.69) is 4.74 Å². The normalized spacial score (nSPS) is 15.0. The van der Waals surface area contributed by atoms with Crippen molar-refractivity contribution in [2.75, 3.05) is 7.11 Å². The van der Waals surface area contributed by atoms with E-state index in [9.17, 15) is 14.7 Å². The van der Waals surface area contributed by atoms with E-state index in [0.29, 0.717) is 0 Å². The predicted octanol–water partition coefficient (Wildman–Crippen LogP) is 0.772. The summed E-state index contributed by atoms with van der Waals surface area (Å²) in [6.07, 6.45) is -0.866. The molecule has 82 valence electrons. The van der Waals surface area contributed by atoms with Crippen molar-refractivity contribution in [1.29, 1.82) is 0 Å². The Balaban J connectivity index is 4.45. The Labute approximate surface area is 84.3 Å². The zero-order valence-corrected chi connectivity index (χ0v) is 9.11. The fraction of sp³-hybridized carbons (Fsp3) is 0.800. The zero-order valence-electron chi connectivity index (χ0n) is 9.11. The fourth-order valence-electron chi connectivity index (χ4n) is 1.20. The summed E-state index contributed by atoms with van der Waals surface area (Å²) in [5, 5.41) is 9.35. The lowest BCUT2D eigenvalue weighted by Crippen LogP contribution is -2.31. The van der Waals surface area contributed by atoms with Gasteiger partial charge >= 0.3 is 5.97 Å². The summed E-state index contributed by atoms with van der Waals surface area (Å²) in [7, 11) is 1.27. The third-order valence-corrected chi connectivity index (χ3v) is 2.13.